The minimum absolute atomic E-state index is 0.0133. The van der Waals surface area contributed by atoms with Crippen LogP contribution in [0.1, 0.15) is 5.56 Å². The molecular formula is C16H10ClNO5S2. The second kappa shape index (κ2) is 6.91. The first-order valence-corrected chi connectivity index (χ1v) is 9.49. The summed E-state index contributed by atoms with van der Waals surface area (Å²) in [4.78, 5) is 22.9. The molecule has 1 aliphatic rings. The fraction of sp³-hybridized carbons (Fsp3) is 0. The van der Waals surface area contributed by atoms with Crippen LogP contribution in [-0.2, 0) is 14.9 Å². The summed E-state index contributed by atoms with van der Waals surface area (Å²) in [6.45, 7) is 0. The first-order chi connectivity index (χ1) is 11.8. The lowest BCUT2D eigenvalue weighted by Gasteiger charge is -2.07. The quantitative estimate of drug-likeness (QED) is 0.630. The molecular weight excluding hydrogens is 386 g/mol. The fourth-order valence-corrected chi connectivity index (χ4v) is 3.71. The van der Waals surface area contributed by atoms with Crippen molar-refractivity contribution in [1.29, 1.82) is 0 Å². The number of hydrogen-bond acceptors (Lipinski definition) is 6. The second-order valence-electron chi connectivity index (χ2n) is 4.91. The lowest BCUT2D eigenvalue weighted by Crippen LogP contribution is -2.17. The molecule has 1 heterocycles. The Labute approximate surface area is 153 Å². The topological polar surface area (TPSA) is 89.5 Å². The van der Waals surface area contributed by atoms with Crippen LogP contribution in [0.3, 0.4) is 0 Å². The third-order valence-corrected chi connectivity index (χ3v) is 5.45. The highest BCUT2D eigenvalue weighted by atomic mass is 35.5. The van der Waals surface area contributed by atoms with Crippen molar-refractivity contribution < 1.29 is 22.2 Å². The van der Waals surface area contributed by atoms with E-state index in [0.717, 1.165) is 11.8 Å². The van der Waals surface area contributed by atoms with Gasteiger partial charge in [-0.2, -0.15) is 8.42 Å². The van der Waals surface area contributed by atoms with Crippen LogP contribution >= 0.6 is 23.4 Å². The van der Waals surface area contributed by atoms with Gasteiger partial charge in [-0.3, -0.25) is 14.9 Å². The normalized spacial score (nSPS) is 16.1. The van der Waals surface area contributed by atoms with E-state index in [1.807, 2.05) is 0 Å². The fourth-order valence-electron chi connectivity index (χ4n) is 1.97. The summed E-state index contributed by atoms with van der Waals surface area (Å²) < 4.78 is 29.4. The summed E-state index contributed by atoms with van der Waals surface area (Å²) in [5.41, 5.74) is 0.628. The predicted molar refractivity (Wildman–Crippen MR) is 94.8 cm³/mol. The molecule has 1 N–H and O–H groups in total. The molecule has 2 aromatic rings. The van der Waals surface area contributed by atoms with Crippen molar-refractivity contribution in [2.75, 3.05) is 0 Å². The summed E-state index contributed by atoms with van der Waals surface area (Å²) in [6, 6.07) is 11.7. The van der Waals surface area contributed by atoms with Crippen molar-refractivity contribution in [2.45, 2.75) is 4.90 Å². The number of halogens is 1. The molecule has 0 atom stereocenters. The summed E-state index contributed by atoms with van der Waals surface area (Å²) in [6.07, 6.45) is 1.53. The molecule has 0 aromatic heterocycles. The van der Waals surface area contributed by atoms with Gasteiger partial charge in [-0.1, -0.05) is 23.7 Å². The molecule has 2 aromatic carbocycles. The third kappa shape index (κ3) is 4.22. The number of thioether (sulfide) groups is 1. The number of carbonyl (C=O) groups excluding carboxylic acids is 2. The molecule has 0 aliphatic carbocycles. The highest BCUT2D eigenvalue weighted by Gasteiger charge is 2.25. The Bertz CT molecular complexity index is 967. The van der Waals surface area contributed by atoms with Gasteiger partial charge in [0.2, 0.25) is 0 Å². The van der Waals surface area contributed by atoms with Gasteiger partial charge < -0.3 is 4.18 Å². The van der Waals surface area contributed by atoms with Crippen LogP contribution in [-0.4, -0.2) is 19.6 Å². The van der Waals surface area contributed by atoms with E-state index in [1.165, 1.54) is 42.5 Å². The number of benzene rings is 2. The second-order valence-corrected chi connectivity index (χ2v) is 7.91. The van der Waals surface area contributed by atoms with Gasteiger partial charge in [-0.05, 0) is 59.8 Å². The van der Waals surface area contributed by atoms with Gasteiger partial charge >= 0.3 is 10.1 Å². The van der Waals surface area contributed by atoms with Gasteiger partial charge in [0.1, 0.15) is 10.6 Å². The lowest BCUT2D eigenvalue weighted by molar-refractivity contribution is -0.115. The number of imide groups is 1. The van der Waals surface area contributed by atoms with Crippen LogP contribution in [0.15, 0.2) is 58.3 Å². The van der Waals surface area contributed by atoms with Gasteiger partial charge in [-0.15, -0.1) is 0 Å². The molecule has 0 bridgehead atoms. The van der Waals surface area contributed by atoms with E-state index in [2.05, 4.69) is 5.32 Å². The van der Waals surface area contributed by atoms with Crippen molar-refractivity contribution >= 4 is 50.7 Å². The zero-order chi connectivity index (χ0) is 18.0. The summed E-state index contributed by atoms with van der Waals surface area (Å²) in [5, 5.41) is 2.15. The van der Waals surface area contributed by atoms with Gasteiger partial charge in [0.15, 0.2) is 0 Å². The Morgan fingerprint density at radius 3 is 2.20 bits per heavy atom. The van der Waals surface area contributed by atoms with Crippen molar-refractivity contribution in [3.8, 4) is 5.75 Å². The molecule has 25 heavy (non-hydrogen) atoms. The molecule has 1 fully saturated rings. The molecule has 1 aliphatic heterocycles. The molecule has 128 valence electrons. The zero-order valence-corrected chi connectivity index (χ0v) is 14.8. The first-order valence-electron chi connectivity index (χ1n) is 6.88. The molecule has 0 saturated carbocycles. The molecule has 2 amide bonds. The SMILES string of the molecule is O=C1NC(=O)/C(=C/c2ccc(OS(=O)(=O)c3ccc(Cl)cc3)cc2)S1. The highest BCUT2D eigenvalue weighted by molar-refractivity contribution is 8.18. The van der Waals surface area contributed by atoms with Crippen LogP contribution in [0, 0.1) is 0 Å². The Kier molecular flexibility index (Phi) is 4.85. The molecule has 3 rings (SSSR count). The van der Waals surface area contributed by atoms with E-state index >= 15 is 0 Å². The average Bonchev–Trinajstić information content (AvgIpc) is 2.87. The highest BCUT2D eigenvalue weighted by Crippen LogP contribution is 2.26. The van der Waals surface area contributed by atoms with E-state index in [0.29, 0.717) is 10.6 Å². The Hall–Kier alpha value is -2.29. The standard InChI is InChI=1S/C16H10ClNO5S2/c17-11-3-7-13(8-4-11)25(21,22)23-12-5-1-10(2-6-12)9-14-15(19)18-16(20)24-14/h1-9H,(H,18,19,20)/b14-9-. The van der Waals surface area contributed by atoms with Gasteiger partial charge in [0.25, 0.3) is 11.1 Å². The number of nitrogens with one attached hydrogen (secondary N) is 1. The summed E-state index contributed by atoms with van der Waals surface area (Å²) in [5.74, 6) is -0.336. The van der Waals surface area contributed by atoms with Crippen molar-refractivity contribution in [1.82, 2.24) is 5.32 Å². The Balaban J connectivity index is 1.77. The Morgan fingerprint density at radius 2 is 1.64 bits per heavy atom. The molecule has 0 unspecified atom stereocenters. The number of hydrogen-bond donors (Lipinski definition) is 1. The molecule has 6 nitrogen and oxygen atoms in total. The van der Waals surface area contributed by atoms with Crippen molar-refractivity contribution in [3.63, 3.8) is 0 Å². The zero-order valence-electron chi connectivity index (χ0n) is 12.4. The van der Waals surface area contributed by atoms with E-state index in [4.69, 9.17) is 15.8 Å². The molecule has 1 saturated heterocycles. The van der Waals surface area contributed by atoms with E-state index < -0.39 is 21.3 Å². The van der Waals surface area contributed by atoms with Gasteiger partial charge in [0, 0.05) is 5.02 Å². The van der Waals surface area contributed by atoms with E-state index in [-0.39, 0.29) is 15.6 Å². The Morgan fingerprint density at radius 1 is 1.00 bits per heavy atom. The third-order valence-electron chi connectivity index (χ3n) is 3.13. The van der Waals surface area contributed by atoms with Crippen LogP contribution in [0.4, 0.5) is 4.79 Å². The van der Waals surface area contributed by atoms with E-state index in [1.54, 1.807) is 12.1 Å². The maximum atomic E-state index is 12.2. The average molecular weight is 396 g/mol. The first kappa shape index (κ1) is 17.5. The number of rotatable bonds is 4. The van der Waals surface area contributed by atoms with Crippen LogP contribution in [0.25, 0.3) is 6.08 Å². The largest absolute Gasteiger partial charge is 0.379 e. The monoisotopic (exact) mass is 395 g/mol. The maximum absolute atomic E-state index is 12.2. The number of amides is 2. The van der Waals surface area contributed by atoms with Gasteiger partial charge in [-0.25, -0.2) is 0 Å². The summed E-state index contributed by atoms with van der Waals surface area (Å²) in [7, 11) is -3.97. The molecule has 0 radical (unpaired) electrons. The van der Waals surface area contributed by atoms with Crippen molar-refractivity contribution in [3.05, 3.63) is 64.0 Å². The van der Waals surface area contributed by atoms with Crippen LogP contribution in [0.5, 0.6) is 5.75 Å². The maximum Gasteiger partial charge on any atom is 0.339 e. The minimum Gasteiger partial charge on any atom is -0.379 e. The van der Waals surface area contributed by atoms with Crippen molar-refractivity contribution in [2.24, 2.45) is 0 Å². The smallest absolute Gasteiger partial charge is 0.339 e. The van der Waals surface area contributed by atoms with Gasteiger partial charge in [0.05, 0.1) is 4.91 Å². The lowest BCUT2D eigenvalue weighted by atomic mass is 10.2. The molecule has 0 spiro atoms. The van der Waals surface area contributed by atoms with E-state index in [9.17, 15) is 18.0 Å². The predicted octanol–water partition coefficient (Wildman–Crippen LogP) is 3.43. The minimum atomic E-state index is -3.97. The molecule has 9 heteroatoms. The van der Waals surface area contributed by atoms with Crippen LogP contribution < -0.4 is 9.50 Å². The van der Waals surface area contributed by atoms with Crippen LogP contribution in [0.2, 0.25) is 5.02 Å². The number of carbonyl (C=O) groups is 2. The summed E-state index contributed by atoms with van der Waals surface area (Å²) >= 11 is 6.54.